The lowest BCUT2D eigenvalue weighted by molar-refractivity contribution is -0.296. The summed E-state index contributed by atoms with van der Waals surface area (Å²) < 4.78 is 64.1. The van der Waals surface area contributed by atoms with Gasteiger partial charge in [-0.3, -0.25) is 0 Å². The number of hydrogen-bond acceptors (Lipinski definition) is 2. The number of hydrogen-bond donors (Lipinski definition) is 1. The highest BCUT2D eigenvalue weighted by Crippen LogP contribution is 2.35. The lowest BCUT2D eigenvalue weighted by Gasteiger charge is -2.19. The summed E-state index contributed by atoms with van der Waals surface area (Å²) in [6.07, 6.45) is -4.31. The van der Waals surface area contributed by atoms with Crippen molar-refractivity contribution in [2.45, 2.75) is 31.9 Å². The van der Waals surface area contributed by atoms with Crippen LogP contribution < -0.4 is 0 Å². The van der Waals surface area contributed by atoms with Crippen LogP contribution in [-0.2, 0) is 4.74 Å². The number of halogens is 5. The van der Waals surface area contributed by atoms with Crippen LogP contribution >= 0.6 is 12.6 Å². The van der Waals surface area contributed by atoms with Crippen molar-refractivity contribution in [1.29, 1.82) is 0 Å². The van der Waals surface area contributed by atoms with E-state index in [1.165, 1.54) is 0 Å². The molecule has 98 valence electrons. The van der Waals surface area contributed by atoms with Crippen molar-refractivity contribution in [3.8, 4) is 0 Å². The third-order valence-corrected chi connectivity index (χ3v) is 2.33. The lowest BCUT2D eigenvalue weighted by atomic mass is 10.1. The minimum absolute atomic E-state index is 0.0966. The molecule has 1 nitrogen and oxygen atoms in total. The van der Waals surface area contributed by atoms with Crippen molar-refractivity contribution in [2.75, 3.05) is 19.0 Å². The Hall–Kier alpha value is -0.0400. The zero-order valence-electron chi connectivity index (χ0n) is 8.86. The van der Waals surface area contributed by atoms with Crippen LogP contribution in [0.4, 0.5) is 22.0 Å². The molecule has 0 bridgehead atoms. The van der Waals surface area contributed by atoms with Crippen LogP contribution in [0.1, 0.15) is 19.8 Å². The Morgan fingerprint density at radius 2 is 1.69 bits per heavy atom. The fraction of sp³-hybridized carbons (Fsp3) is 1.00. The van der Waals surface area contributed by atoms with Gasteiger partial charge in [-0.25, -0.2) is 0 Å². The van der Waals surface area contributed by atoms with Crippen LogP contribution in [0.25, 0.3) is 0 Å². The van der Waals surface area contributed by atoms with Crippen molar-refractivity contribution in [2.24, 2.45) is 5.92 Å². The quantitative estimate of drug-likeness (QED) is 0.421. The van der Waals surface area contributed by atoms with E-state index in [2.05, 4.69) is 17.4 Å². The van der Waals surface area contributed by atoms with Gasteiger partial charge in [-0.15, -0.1) is 0 Å². The van der Waals surface area contributed by atoms with Gasteiger partial charge in [0.25, 0.3) is 0 Å². The molecule has 0 spiro atoms. The predicted octanol–water partition coefficient (Wildman–Crippen LogP) is 3.55. The van der Waals surface area contributed by atoms with E-state index in [-0.39, 0.29) is 12.5 Å². The second kappa shape index (κ2) is 6.64. The Labute approximate surface area is 96.8 Å². The standard InChI is InChI=1S/C9H15F5OS/c1-7(3-5-16)2-4-15-6-8(10,11)9(12,13)14/h7,16H,2-6H2,1H3. The lowest BCUT2D eigenvalue weighted by Crippen LogP contribution is -2.40. The molecule has 0 aromatic carbocycles. The average Bonchev–Trinajstić information content (AvgIpc) is 2.11. The van der Waals surface area contributed by atoms with Crippen LogP contribution in [0.2, 0.25) is 0 Å². The normalized spacial score (nSPS) is 15.2. The highest BCUT2D eigenvalue weighted by atomic mass is 32.1. The van der Waals surface area contributed by atoms with Crippen LogP contribution in [0.15, 0.2) is 0 Å². The topological polar surface area (TPSA) is 9.23 Å². The third kappa shape index (κ3) is 5.89. The van der Waals surface area contributed by atoms with Gasteiger partial charge in [0, 0.05) is 6.61 Å². The maximum Gasteiger partial charge on any atom is 0.455 e. The van der Waals surface area contributed by atoms with Gasteiger partial charge in [0.1, 0.15) is 6.61 Å². The number of rotatable bonds is 7. The molecule has 0 aromatic rings. The van der Waals surface area contributed by atoms with E-state index in [9.17, 15) is 22.0 Å². The smallest absolute Gasteiger partial charge is 0.375 e. The fourth-order valence-electron chi connectivity index (χ4n) is 0.931. The molecule has 0 aliphatic rings. The summed E-state index contributed by atoms with van der Waals surface area (Å²) in [5.41, 5.74) is 0. The summed E-state index contributed by atoms with van der Waals surface area (Å²) in [6.45, 7) is 0.159. The second-order valence-corrected chi connectivity index (χ2v) is 4.11. The summed E-state index contributed by atoms with van der Waals surface area (Å²) in [5, 5.41) is 0. The van der Waals surface area contributed by atoms with E-state index < -0.39 is 18.7 Å². The van der Waals surface area contributed by atoms with Gasteiger partial charge in [-0.05, 0) is 24.5 Å². The molecule has 0 aliphatic carbocycles. The van der Waals surface area contributed by atoms with E-state index in [0.717, 1.165) is 6.42 Å². The highest BCUT2D eigenvalue weighted by molar-refractivity contribution is 7.80. The van der Waals surface area contributed by atoms with Gasteiger partial charge in [0.05, 0.1) is 0 Å². The first-order valence-electron chi connectivity index (χ1n) is 4.84. The van der Waals surface area contributed by atoms with Crippen molar-refractivity contribution < 1.29 is 26.7 Å². The van der Waals surface area contributed by atoms with Crippen LogP contribution in [0, 0.1) is 5.92 Å². The van der Waals surface area contributed by atoms with Crippen LogP contribution in [0.5, 0.6) is 0 Å². The zero-order valence-corrected chi connectivity index (χ0v) is 9.75. The Morgan fingerprint density at radius 3 is 2.12 bits per heavy atom. The van der Waals surface area contributed by atoms with E-state index in [4.69, 9.17) is 0 Å². The van der Waals surface area contributed by atoms with Crippen LogP contribution in [-0.4, -0.2) is 31.1 Å². The molecule has 0 rings (SSSR count). The maximum atomic E-state index is 12.3. The Kier molecular flexibility index (Phi) is 6.62. The number of alkyl halides is 5. The first kappa shape index (κ1) is 16.0. The van der Waals surface area contributed by atoms with E-state index in [1.807, 2.05) is 6.92 Å². The minimum atomic E-state index is -5.54. The summed E-state index contributed by atoms with van der Waals surface area (Å²) in [5.74, 6) is -3.91. The molecule has 0 radical (unpaired) electrons. The first-order chi connectivity index (χ1) is 7.20. The molecule has 0 saturated heterocycles. The summed E-state index contributed by atoms with van der Waals surface area (Å²) in [7, 11) is 0. The molecule has 0 N–H and O–H groups in total. The number of thiol groups is 1. The molecule has 16 heavy (non-hydrogen) atoms. The molecule has 0 heterocycles. The van der Waals surface area contributed by atoms with Crippen molar-refractivity contribution in [1.82, 2.24) is 0 Å². The predicted molar refractivity (Wildman–Crippen MR) is 54.1 cm³/mol. The summed E-state index contributed by atoms with van der Waals surface area (Å²) in [6, 6.07) is 0. The molecule has 1 atom stereocenters. The zero-order chi connectivity index (χ0) is 12.8. The SMILES string of the molecule is CC(CCS)CCOCC(F)(F)C(F)(F)F. The molecule has 0 fully saturated rings. The van der Waals surface area contributed by atoms with Crippen molar-refractivity contribution in [3.05, 3.63) is 0 Å². The van der Waals surface area contributed by atoms with Crippen molar-refractivity contribution in [3.63, 3.8) is 0 Å². The number of ether oxygens (including phenoxy) is 1. The molecule has 0 amide bonds. The van der Waals surface area contributed by atoms with Gasteiger partial charge in [-0.1, -0.05) is 6.92 Å². The summed E-state index contributed by atoms with van der Waals surface area (Å²) in [4.78, 5) is 0. The van der Waals surface area contributed by atoms with E-state index >= 15 is 0 Å². The molecule has 1 unspecified atom stereocenters. The van der Waals surface area contributed by atoms with Gasteiger partial charge >= 0.3 is 12.1 Å². The molecular formula is C9H15F5OS. The largest absolute Gasteiger partial charge is 0.455 e. The molecule has 0 aromatic heterocycles. The Morgan fingerprint density at radius 1 is 1.12 bits per heavy atom. The maximum absolute atomic E-state index is 12.3. The van der Waals surface area contributed by atoms with Gasteiger partial charge in [-0.2, -0.15) is 34.6 Å². The molecular weight excluding hydrogens is 251 g/mol. The van der Waals surface area contributed by atoms with E-state index in [0.29, 0.717) is 12.2 Å². The van der Waals surface area contributed by atoms with Crippen LogP contribution in [0.3, 0.4) is 0 Å². The van der Waals surface area contributed by atoms with Gasteiger partial charge in [0.2, 0.25) is 0 Å². The highest BCUT2D eigenvalue weighted by Gasteiger charge is 2.57. The Balaban J connectivity index is 3.74. The fourth-order valence-corrected chi connectivity index (χ4v) is 1.37. The minimum Gasteiger partial charge on any atom is -0.375 e. The third-order valence-electron chi connectivity index (χ3n) is 2.07. The summed E-state index contributed by atoms with van der Waals surface area (Å²) >= 11 is 3.98. The first-order valence-corrected chi connectivity index (χ1v) is 5.47. The monoisotopic (exact) mass is 266 g/mol. The second-order valence-electron chi connectivity index (χ2n) is 3.66. The molecule has 7 heteroatoms. The molecule has 0 saturated carbocycles. The average molecular weight is 266 g/mol. The van der Waals surface area contributed by atoms with Gasteiger partial charge in [0.15, 0.2) is 0 Å². The van der Waals surface area contributed by atoms with Crippen molar-refractivity contribution >= 4 is 12.6 Å². The Bertz CT molecular complexity index is 195. The van der Waals surface area contributed by atoms with Gasteiger partial charge < -0.3 is 4.74 Å². The molecule has 0 aliphatic heterocycles. The van der Waals surface area contributed by atoms with E-state index in [1.54, 1.807) is 0 Å².